The van der Waals surface area contributed by atoms with Crippen LogP contribution >= 0.6 is 0 Å². The van der Waals surface area contributed by atoms with E-state index in [0.29, 0.717) is 17.9 Å². The lowest BCUT2D eigenvalue weighted by molar-refractivity contribution is -0.139. The van der Waals surface area contributed by atoms with Crippen molar-refractivity contribution in [2.24, 2.45) is 11.8 Å². The van der Waals surface area contributed by atoms with Gasteiger partial charge in [-0.2, -0.15) is 0 Å². The number of hydrogen-bond acceptors (Lipinski definition) is 2. The minimum atomic E-state index is -0.0557. The Labute approximate surface area is 127 Å². The van der Waals surface area contributed by atoms with Crippen LogP contribution in [0, 0.1) is 11.8 Å². The fourth-order valence-electron chi connectivity index (χ4n) is 3.84. The molecular formula is C18H26N2O. The first-order valence-electron chi connectivity index (χ1n) is 8.17. The summed E-state index contributed by atoms with van der Waals surface area (Å²) in [7, 11) is 0. The molecule has 4 atom stereocenters. The molecule has 1 aromatic carbocycles. The van der Waals surface area contributed by atoms with Crippen molar-refractivity contribution in [1.29, 1.82) is 0 Å². The van der Waals surface area contributed by atoms with Crippen molar-refractivity contribution >= 4 is 5.91 Å². The summed E-state index contributed by atoms with van der Waals surface area (Å²) in [5.74, 6) is 1.49. The Balaban J connectivity index is 1.74. The number of rotatable bonds is 1. The molecule has 0 aromatic heterocycles. The van der Waals surface area contributed by atoms with E-state index in [1.54, 1.807) is 0 Å². The molecule has 114 valence electrons. The molecular weight excluding hydrogens is 260 g/mol. The Bertz CT molecular complexity index is 528. The van der Waals surface area contributed by atoms with Crippen molar-refractivity contribution in [3.8, 4) is 0 Å². The molecule has 2 heterocycles. The zero-order valence-corrected chi connectivity index (χ0v) is 13.3. The fourth-order valence-corrected chi connectivity index (χ4v) is 3.84. The van der Waals surface area contributed by atoms with Crippen molar-refractivity contribution in [1.82, 2.24) is 10.2 Å². The molecule has 21 heavy (non-hydrogen) atoms. The molecule has 3 nitrogen and oxygen atoms in total. The van der Waals surface area contributed by atoms with E-state index in [1.165, 1.54) is 17.5 Å². The third-order valence-corrected chi connectivity index (χ3v) is 5.26. The quantitative estimate of drug-likeness (QED) is 0.860. The van der Waals surface area contributed by atoms with Crippen LogP contribution in [0.2, 0.25) is 0 Å². The van der Waals surface area contributed by atoms with Gasteiger partial charge in [-0.1, -0.05) is 38.1 Å². The molecule has 1 fully saturated rings. The first kappa shape index (κ1) is 14.6. The molecule has 1 aromatic rings. The van der Waals surface area contributed by atoms with Gasteiger partial charge in [-0.15, -0.1) is 0 Å². The standard InChI is InChI=1S/C18H26N2O/c1-12-8-13(2)14(3)20(11-12)18(21)17-9-15-6-4-5-7-16(15)10-19-17/h4-7,12-14,17,19H,8-11H2,1-3H3/t12?,13?,14?,17-/m0/s1. The molecule has 1 saturated heterocycles. The van der Waals surface area contributed by atoms with Gasteiger partial charge in [0, 0.05) is 19.1 Å². The average Bonchev–Trinajstić information content (AvgIpc) is 2.49. The molecule has 1 amide bonds. The number of fused-ring (bicyclic) bond motifs is 1. The Morgan fingerprint density at radius 3 is 2.67 bits per heavy atom. The summed E-state index contributed by atoms with van der Waals surface area (Å²) in [5, 5.41) is 3.43. The van der Waals surface area contributed by atoms with Crippen molar-refractivity contribution in [3.63, 3.8) is 0 Å². The molecule has 3 rings (SSSR count). The molecule has 1 N–H and O–H groups in total. The zero-order chi connectivity index (χ0) is 15.0. The number of piperidine rings is 1. The minimum absolute atomic E-state index is 0.0557. The lowest BCUT2D eigenvalue weighted by Crippen LogP contribution is -2.56. The third-order valence-electron chi connectivity index (χ3n) is 5.26. The molecule has 0 spiro atoms. The van der Waals surface area contributed by atoms with Gasteiger partial charge < -0.3 is 10.2 Å². The van der Waals surface area contributed by atoms with Crippen molar-refractivity contribution in [3.05, 3.63) is 35.4 Å². The van der Waals surface area contributed by atoms with Crippen molar-refractivity contribution < 1.29 is 4.79 Å². The second-order valence-electron chi connectivity index (χ2n) is 6.96. The first-order valence-corrected chi connectivity index (χ1v) is 8.17. The van der Waals surface area contributed by atoms with Crippen molar-refractivity contribution in [2.75, 3.05) is 6.54 Å². The van der Waals surface area contributed by atoms with Crippen LogP contribution in [-0.4, -0.2) is 29.4 Å². The number of carbonyl (C=O) groups is 1. The lowest BCUT2D eigenvalue weighted by Gasteiger charge is -2.43. The maximum Gasteiger partial charge on any atom is 0.240 e. The van der Waals surface area contributed by atoms with Gasteiger partial charge in [0.15, 0.2) is 0 Å². The number of nitrogens with one attached hydrogen (secondary N) is 1. The van der Waals surface area contributed by atoms with Crippen LogP contribution in [0.5, 0.6) is 0 Å². The highest BCUT2D eigenvalue weighted by molar-refractivity contribution is 5.83. The van der Waals surface area contributed by atoms with Crippen LogP contribution in [0.4, 0.5) is 0 Å². The van der Waals surface area contributed by atoms with E-state index >= 15 is 0 Å². The summed E-state index contributed by atoms with van der Waals surface area (Å²) in [6.45, 7) is 8.44. The highest BCUT2D eigenvalue weighted by Gasteiger charge is 2.36. The van der Waals surface area contributed by atoms with Crippen LogP contribution in [0.25, 0.3) is 0 Å². The lowest BCUT2D eigenvalue weighted by atomic mass is 9.85. The maximum atomic E-state index is 12.9. The van der Waals surface area contributed by atoms with E-state index in [2.05, 4.69) is 55.3 Å². The normalized spacial score (nSPS) is 32.6. The molecule has 3 unspecified atom stereocenters. The summed E-state index contributed by atoms with van der Waals surface area (Å²) in [6, 6.07) is 8.74. The highest BCUT2D eigenvalue weighted by Crippen LogP contribution is 2.28. The molecule has 2 aliphatic rings. The van der Waals surface area contributed by atoms with E-state index in [-0.39, 0.29) is 11.9 Å². The summed E-state index contributed by atoms with van der Waals surface area (Å²) in [5.41, 5.74) is 2.65. The summed E-state index contributed by atoms with van der Waals surface area (Å²) >= 11 is 0. The van der Waals surface area contributed by atoms with E-state index < -0.39 is 0 Å². The number of likely N-dealkylation sites (tertiary alicyclic amines) is 1. The van der Waals surface area contributed by atoms with E-state index in [4.69, 9.17) is 0 Å². The van der Waals surface area contributed by atoms with Gasteiger partial charge in [0.25, 0.3) is 0 Å². The third kappa shape index (κ3) is 2.84. The topological polar surface area (TPSA) is 32.3 Å². The SMILES string of the molecule is CC1CC(C)C(C)N(C(=O)[C@@H]2Cc3ccccc3CN2)C1. The van der Waals surface area contributed by atoms with Gasteiger partial charge >= 0.3 is 0 Å². The maximum absolute atomic E-state index is 12.9. The van der Waals surface area contributed by atoms with Crippen LogP contribution in [0.15, 0.2) is 24.3 Å². The molecule has 0 bridgehead atoms. The Morgan fingerprint density at radius 2 is 1.90 bits per heavy atom. The molecule has 0 radical (unpaired) electrons. The fraction of sp³-hybridized carbons (Fsp3) is 0.611. The number of benzene rings is 1. The first-order chi connectivity index (χ1) is 10.1. The number of hydrogen-bond donors (Lipinski definition) is 1. The van der Waals surface area contributed by atoms with Gasteiger partial charge in [0.2, 0.25) is 5.91 Å². The van der Waals surface area contributed by atoms with Crippen LogP contribution in [-0.2, 0) is 17.8 Å². The number of amides is 1. The smallest absolute Gasteiger partial charge is 0.240 e. The monoisotopic (exact) mass is 286 g/mol. The molecule has 0 aliphatic carbocycles. The van der Waals surface area contributed by atoms with Gasteiger partial charge in [0.05, 0.1) is 6.04 Å². The average molecular weight is 286 g/mol. The van der Waals surface area contributed by atoms with Gasteiger partial charge in [-0.3, -0.25) is 4.79 Å². The number of carbonyl (C=O) groups excluding carboxylic acids is 1. The number of nitrogens with zero attached hydrogens (tertiary/aromatic N) is 1. The van der Waals surface area contributed by atoms with Crippen LogP contribution in [0.3, 0.4) is 0 Å². The zero-order valence-electron chi connectivity index (χ0n) is 13.3. The predicted octanol–water partition coefficient (Wildman–Crippen LogP) is 2.59. The highest BCUT2D eigenvalue weighted by atomic mass is 16.2. The Morgan fingerprint density at radius 1 is 1.19 bits per heavy atom. The van der Waals surface area contributed by atoms with Crippen LogP contribution in [0.1, 0.15) is 38.3 Å². The largest absolute Gasteiger partial charge is 0.338 e. The van der Waals surface area contributed by atoms with E-state index in [0.717, 1.165) is 19.5 Å². The molecule has 0 saturated carbocycles. The van der Waals surface area contributed by atoms with Gasteiger partial charge in [0.1, 0.15) is 0 Å². The van der Waals surface area contributed by atoms with Gasteiger partial charge in [-0.25, -0.2) is 0 Å². The van der Waals surface area contributed by atoms with Gasteiger partial charge in [-0.05, 0) is 42.7 Å². The Hall–Kier alpha value is -1.35. The minimum Gasteiger partial charge on any atom is -0.338 e. The summed E-state index contributed by atoms with van der Waals surface area (Å²) in [4.78, 5) is 15.0. The molecule has 3 heteroatoms. The predicted molar refractivity (Wildman–Crippen MR) is 84.9 cm³/mol. The van der Waals surface area contributed by atoms with Crippen molar-refractivity contribution in [2.45, 2.75) is 52.2 Å². The van der Waals surface area contributed by atoms with Crippen LogP contribution < -0.4 is 5.32 Å². The molecule has 2 aliphatic heterocycles. The second-order valence-corrected chi connectivity index (χ2v) is 6.96. The van der Waals surface area contributed by atoms with E-state index in [9.17, 15) is 4.79 Å². The summed E-state index contributed by atoms with van der Waals surface area (Å²) < 4.78 is 0. The second kappa shape index (κ2) is 5.80. The Kier molecular flexibility index (Phi) is 4.03. The van der Waals surface area contributed by atoms with E-state index in [1.807, 2.05) is 0 Å². The summed E-state index contributed by atoms with van der Waals surface area (Å²) in [6.07, 6.45) is 2.05.